The minimum absolute atomic E-state index is 0.0504. The summed E-state index contributed by atoms with van der Waals surface area (Å²) in [6.45, 7) is 5.36. The van der Waals surface area contributed by atoms with Crippen molar-refractivity contribution in [2.45, 2.75) is 38.6 Å². The van der Waals surface area contributed by atoms with Gasteiger partial charge in [0, 0.05) is 36.2 Å². The normalized spacial score (nSPS) is 18.3. The van der Waals surface area contributed by atoms with E-state index in [9.17, 15) is 10.2 Å². The Balaban J connectivity index is 1.82. The third-order valence-corrected chi connectivity index (χ3v) is 4.72. The maximum Gasteiger partial charge on any atom is 0.228 e. The number of nitrogens with zero attached hydrogens (tertiary/aromatic N) is 5. The van der Waals surface area contributed by atoms with Gasteiger partial charge in [0.05, 0.1) is 24.9 Å². The van der Waals surface area contributed by atoms with Gasteiger partial charge in [-0.3, -0.25) is 9.88 Å². The van der Waals surface area contributed by atoms with E-state index in [0.29, 0.717) is 11.8 Å². The van der Waals surface area contributed by atoms with Crippen molar-refractivity contribution in [3.8, 4) is 0 Å². The number of rotatable bonds is 6. The van der Waals surface area contributed by atoms with Gasteiger partial charge in [-0.05, 0) is 39.3 Å². The Kier molecular flexibility index (Phi) is 6.08. The van der Waals surface area contributed by atoms with Crippen molar-refractivity contribution in [1.29, 1.82) is 0 Å². The zero-order valence-electron chi connectivity index (χ0n) is 15.3. The van der Waals surface area contributed by atoms with Crippen LogP contribution in [0.25, 0.3) is 0 Å². The second kappa shape index (κ2) is 8.48. The number of hydrogen-bond acceptors (Lipinski definition) is 8. The Morgan fingerprint density at radius 1 is 1.15 bits per heavy atom. The average molecular weight is 358 g/mol. The molecule has 8 heteroatoms. The highest BCUT2D eigenvalue weighted by atomic mass is 16.3. The predicted octanol–water partition coefficient (Wildman–Crippen LogP) is 1.16. The Bertz CT molecular complexity index is 717. The van der Waals surface area contributed by atoms with Gasteiger partial charge in [-0.15, -0.1) is 0 Å². The van der Waals surface area contributed by atoms with Crippen molar-refractivity contribution in [2.24, 2.45) is 0 Å². The molecular formula is C18H26N6O2. The molecule has 0 aliphatic carbocycles. The number of nitrogens with one attached hydrogen (secondary N) is 1. The second-order valence-electron chi connectivity index (χ2n) is 6.74. The lowest BCUT2D eigenvalue weighted by Crippen LogP contribution is -2.46. The molecule has 8 nitrogen and oxygen atoms in total. The van der Waals surface area contributed by atoms with Gasteiger partial charge in [0.15, 0.2) is 5.82 Å². The minimum atomic E-state index is -0.228. The maximum absolute atomic E-state index is 9.48. The van der Waals surface area contributed by atoms with Crippen LogP contribution in [-0.2, 0) is 0 Å². The molecule has 2 aromatic heterocycles. The highest BCUT2D eigenvalue weighted by Gasteiger charge is 2.28. The van der Waals surface area contributed by atoms with Crippen molar-refractivity contribution in [3.05, 3.63) is 35.5 Å². The first-order valence-corrected chi connectivity index (χ1v) is 8.96. The highest BCUT2D eigenvalue weighted by molar-refractivity contribution is 5.52. The quantitative estimate of drug-likeness (QED) is 0.706. The van der Waals surface area contributed by atoms with Gasteiger partial charge in [-0.1, -0.05) is 0 Å². The third kappa shape index (κ3) is 4.32. The third-order valence-electron chi connectivity index (χ3n) is 4.72. The summed E-state index contributed by atoms with van der Waals surface area (Å²) in [6.07, 6.45) is 5.31. The van der Waals surface area contributed by atoms with E-state index in [4.69, 9.17) is 0 Å². The van der Waals surface area contributed by atoms with Crippen molar-refractivity contribution >= 4 is 11.8 Å². The largest absolute Gasteiger partial charge is 0.395 e. The zero-order chi connectivity index (χ0) is 18.5. The lowest BCUT2D eigenvalue weighted by Gasteiger charge is -2.36. The molecule has 0 unspecified atom stereocenters. The molecule has 0 saturated carbocycles. The summed E-state index contributed by atoms with van der Waals surface area (Å²) in [7, 11) is 0. The molecule has 140 valence electrons. The highest BCUT2D eigenvalue weighted by Crippen LogP contribution is 2.30. The van der Waals surface area contributed by atoms with Crippen molar-refractivity contribution in [3.63, 3.8) is 0 Å². The molecule has 1 fully saturated rings. The summed E-state index contributed by atoms with van der Waals surface area (Å²) in [4.78, 5) is 20.0. The summed E-state index contributed by atoms with van der Waals surface area (Å²) in [5.41, 5.74) is 2.65. The Morgan fingerprint density at radius 3 is 2.54 bits per heavy atom. The Hall–Kier alpha value is -2.16. The Morgan fingerprint density at radius 2 is 1.85 bits per heavy atom. The number of aromatic nitrogens is 4. The lowest BCUT2D eigenvalue weighted by atomic mass is 9.93. The van der Waals surface area contributed by atoms with Crippen LogP contribution >= 0.6 is 0 Å². The predicted molar refractivity (Wildman–Crippen MR) is 98.3 cm³/mol. The van der Waals surface area contributed by atoms with Gasteiger partial charge >= 0.3 is 0 Å². The molecule has 1 aliphatic heterocycles. The standard InChI is InChI=1S/C18H26N6O2/c1-12-8-13(2)22-18(21-12)23-17-16(19-5-6-20-17)14-4-3-7-24(9-14)15(10-25)11-26/h5-6,8,14-15,25-26H,3-4,7,9-11H2,1-2H3,(H,20,21,22,23)/t14-/m0/s1. The topological polar surface area (TPSA) is 107 Å². The average Bonchev–Trinajstić information content (AvgIpc) is 2.63. The molecule has 0 spiro atoms. The van der Waals surface area contributed by atoms with Crippen LogP contribution in [0.15, 0.2) is 18.5 Å². The summed E-state index contributed by atoms with van der Waals surface area (Å²) in [5, 5.41) is 22.2. The first-order chi connectivity index (χ1) is 12.6. The van der Waals surface area contributed by atoms with Gasteiger partial charge in [0.1, 0.15) is 0 Å². The smallest absolute Gasteiger partial charge is 0.228 e. The fourth-order valence-electron chi connectivity index (χ4n) is 3.48. The van der Waals surface area contributed by atoms with Crippen LogP contribution in [0.4, 0.5) is 11.8 Å². The van der Waals surface area contributed by atoms with E-state index in [2.05, 4.69) is 30.2 Å². The summed E-state index contributed by atoms with van der Waals surface area (Å²) >= 11 is 0. The molecule has 0 amide bonds. The number of hydrogen-bond donors (Lipinski definition) is 3. The van der Waals surface area contributed by atoms with Crippen LogP contribution in [-0.4, -0.2) is 67.4 Å². The lowest BCUT2D eigenvalue weighted by molar-refractivity contribution is 0.0546. The molecule has 3 N–H and O–H groups in total. The fraction of sp³-hybridized carbons (Fsp3) is 0.556. The number of aliphatic hydroxyl groups is 2. The number of aliphatic hydroxyl groups excluding tert-OH is 2. The van der Waals surface area contributed by atoms with Gasteiger partial charge < -0.3 is 15.5 Å². The summed E-state index contributed by atoms with van der Waals surface area (Å²) < 4.78 is 0. The number of piperidine rings is 1. The van der Waals surface area contributed by atoms with E-state index in [1.807, 2.05) is 19.9 Å². The molecule has 0 radical (unpaired) electrons. The van der Waals surface area contributed by atoms with Crippen molar-refractivity contribution in [1.82, 2.24) is 24.8 Å². The summed E-state index contributed by atoms with van der Waals surface area (Å²) in [6, 6.07) is 1.69. The van der Waals surface area contributed by atoms with Crippen LogP contribution in [0.3, 0.4) is 0 Å². The molecule has 1 saturated heterocycles. The molecule has 0 aromatic carbocycles. The van der Waals surface area contributed by atoms with E-state index in [1.165, 1.54) is 0 Å². The van der Waals surface area contributed by atoms with Gasteiger partial charge in [0.2, 0.25) is 5.95 Å². The van der Waals surface area contributed by atoms with Crippen LogP contribution in [0.1, 0.15) is 35.8 Å². The molecule has 1 aliphatic rings. The van der Waals surface area contributed by atoms with Gasteiger partial charge in [-0.25, -0.2) is 15.0 Å². The van der Waals surface area contributed by atoms with Gasteiger partial charge in [0.25, 0.3) is 0 Å². The minimum Gasteiger partial charge on any atom is -0.395 e. The van der Waals surface area contributed by atoms with Gasteiger partial charge in [-0.2, -0.15) is 0 Å². The monoisotopic (exact) mass is 358 g/mol. The van der Waals surface area contributed by atoms with E-state index in [-0.39, 0.29) is 25.2 Å². The summed E-state index contributed by atoms with van der Waals surface area (Å²) in [5.74, 6) is 1.35. The Labute approximate surface area is 153 Å². The van der Waals surface area contributed by atoms with Crippen LogP contribution in [0.2, 0.25) is 0 Å². The molecule has 2 aromatic rings. The fourth-order valence-corrected chi connectivity index (χ4v) is 3.48. The van der Waals surface area contributed by atoms with Crippen LogP contribution in [0, 0.1) is 13.8 Å². The number of likely N-dealkylation sites (tertiary alicyclic amines) is 1. The first kappa shape index (κ1) is 18.6. The van der Waals surface area contributed by atoms with Crippen LogP contribution < -0.4 is 5.32 Å². The first-order valence-electron chi connectivity index (χ1n) is 8.96. The zero-order valence-corrected chi connectivity index (χ0v) is 15.3. The van der Waals surface area contributed by atoms with Crippen molar-refractivity contribution in [2.75, 3.05) is 31.6 Å². The molecule has 0 bridgehead atoms. The van der Waals surface area contributed by atoms with E-state index >= 15 is 0 Å². The maximum atomic E-state index is 9.48. The van der Waals surface area contributed by atoms with Crippen LogP contribution in [0.5, 0.6) is 0 Å². The molecule has 26 heavy (non-hydrogen) atoms. The second-order valence-corrected chi connectivity index (χ2v) is 6.74. The van der Waals surface area contributed by atoms with Crippen molar-refractivity contribution < 1.29 is 10.2 Å². The van der Waals surface area contributed by atoms with E-state index < -0.39 is 0 Å². The van der Waals surface area contributed by atoms with E-state index in [1.54, 1.807) is 12.4 Å². The number of aryl methyl sites for hydroxylation is 2. The SMILES string of the molecule is Cc1cc(C)nc(Nc2nccnc2[C@H]2CCCN(C(CO)CO)C2)n1. The molecule has 1 atom stereocenters. The molecular weight excluding hydrogens is 332 g/mol. The number of anilines is 2. The molecule has 3 rings (SSSR count). The molecule has 3 heterocycles. The van der Waals surface area contributed by atoms with E-state index in [0.717, 1.165) is 43.0 Å².